The lowest BCUT2D eigenvalue weighted by Gasteiger charge is -2.08. The number of methoxy groups -OCH3 is 1. The van der Waals surface area contributed by atoms with Crippen LogP contribution < -0.4 is 4.74 Å². The van der Waals surface area contributed by atoms with E-state index in [0.717, 1.165) is 16.5 Å². The normalized spacial score (nSPS) is 10.5. The van der Waals surface area contributed by atoms with Crippen LogP contribution in [0.2, 0.25) is 0 Å². The number of aromatic hydroxyl groups is 1. The summed E-state index contributed by atoms with van der Waals surface area (Å²) >= 11 is 0. The van der Waals surface area contributed by atoms with Crippen molar-refractivity contribution in [1.82, 2.24) is 4.57 Å². The fourth-order valence-electron chi connectivity index (χ4n) is 2.60. The van der Waals surface area contributed by atoms with Crippen LogP contribution in [-0.4, -0.2) is 16.8 Å². The van der Waals surface area contributed by atoms with Gasteiger partial charge in [-0.3, -0.25) is 0 Å². The average molecular weight is 278 g/mol. The number of phenols is 1. The van der Waals surface area contributed by atoms with Gasteiger partial charge in [-0.2, -0.15) is 5.26 Å². The topological polar surface area (TPSA) is 58.2 Å². The fourth-order valence-corrected chi connectivity index (χ4v) is 2.60. The zero-order chi connectivity index (χ0) is 15.0. The molecule has 4 heteroatoms. The molecule has 104 valence electrons. The summed E-state index contributed by atoms with van der Waals surface area (Å²) in [6.45, 7) is 0. The molecular formula is C17H14N2O2. The van der Waals surface area contributed by atoms with Gasteiger partial charge in [-0.05, 0) is 12.1 Å². The van der Waals surface area contributed by atoms with Crippen LogP contribution in [0.1, 0.15) is 5.56 Å². The molecule has 0 aliphatic heterocycles. The van der Waals surface area contributed by atoms with Crippen LogP contribution in [0.25, 0.3) is 22.0 Å². The van der Waals surface area contributed by atoms with Gasteiger partial charge in [0.1, 0.15) is 17.6 Å². The molecule has 3 rings (SSSR count). The maximum atomic E-state index is 10.3. The van der Waals surface area contributed by atoms with Gasteiger partial charge in [-0.25, -0.2) is 0 Å². The fraction of sp³-hybridized carbons (Fsp3) is 0.118. The SMILES string of the molecule is COc1cc(O)c(-c2cn(C)c3ccccc23)cc1C#N. The number of ether oxygens (including phenoxy) is 1. The zero-order valence-corrected chi connectivity index (χ0v) is 11.8. The lowest BCUT2D eigenvalue weighted by atomic mass is 10.0. The number of aryl methyl sites for hydroxylation is 1. The van der Waals surface area contributed by atoms with Crippen LogP contribution in [0.4, 0.5) is 0 Å². The van der Waals surface area contributed by atoms with Crippen LogP contribution in [-0.2, 0) is 7.05 Å². The van der Waals surface area contributed by atoms with Crippen molar-refractivity contribution >= 4 is 10.9 Å². The number of aromatic nitrogens is 1. The lowest BCUT2D eigenvalue weighted by molar-refractivity contribution is 0.407. The van der Waals surface area contributed by atoms with Gasteiger partial charge in [0, 0.05) is 41.3 Å². The molecule has 0 saturated heterocycles. The number of benzene rings is 2. The third-order valence-corrected chi connectivity index (χ3v) is 3.63. The van der Waals surface area contributed by atoms with E-state index in [1.165, 1.54) is 13.2 Å². The maximum Gasteiger partial charge on any atom is 0.140 e. The number of nitrogens with zero attached hydrogens (tertiary/aromatic N) is 2. The molecule has 4 nitrogen and oxygen atoms in total. The molecule has 0 atom stereocenters. The first-order chi connectivity index (χ1) is 10.2. The summed E-state index contributed by atoms with van der Waals surface area (Å²) in [4.78, 5) is 0. The molecule has 0 saturated carbocycles. The van der Waals surface area contributed by atoms with Crippen molar-refractivity contribution in [3.63, 3.8) is 0 Å². The van der Waals surface area contributed by atoms with Crippen LogP contribution >= 0.6 is 0 Å². The molecule has 0 amide bonds. The Labute approximate surface area is 122 Å². The number of fused-ring (bicyclic) bond motifs is 1. The highest BCUT2D eigenvalue weighted by atomic mass is 16.5. The van der Waals surface area contributed by atoms with Crippen molar-refractivity contribution in [1.29, 1.82) is 5.26 Å². The minimum Gasteiger partial charge on any atom is -0.507 e. The lowest BCUT2D eigenvalue weighted by Crippen LogP contribution is -1.89. The van der Waals surface area contributed by atoms with Gasteiger partial charge in [0.05, 0.1) is 12.7 Å². The molecule has 0 bridgehead atoms. The third kappa shape index (κ3) is 2.00. The number of para-hydroxylation sites is 1. The molecule has 2 aromatic carbocycles. The quantitative estimate of drug-likeness (QED) is 0.781. The van der Waals surface area contributed by atoms with E-state index < -0.39 is 0 Å². The summed E-state index contributed by atoms with van der Waals surface area (Å²) in [6.07, 6.45) is 1.95. The molecule has 0 radical (unpaired) electrons. The van der Waals surface area contributed by atoms with E-state index in [1.807, 2.05) is 42.1 Å². The Morgan fingerprint density at radius 2 is 1.95 bits per heavy atom. The zero-order valence-electron chi connectivity index (χ0n) is 11.8. The molecule has 1 heterocycles. The largest absolute Gasteiger partial charge is 0.507 e. The number of rotatable bonds is 2. The monoisotopic (exact) mass is 278 g/mol. The molecule has 0 aliphatic carbocycles. The van der Waals surface area contributed by atoms with E-state index in [9.17, 15) is 10.4 Å². The van der Waals surface area contributed by atoms with Gasteiger partial charge in [0.25, 0.3) is 0 Å². The smallest absolute Gasteiger partial charge is 0.140 e. The molecule has 0 unspecified atom stereocenters. The molecule has 0 spiro atoms. The minimum atomic E-state index is 0.0993. The maximum absolute atomic E-state index is 10.3. The summed E-state index contributed by atoms with van der Waals surface area (Å²) in [5.74, 6) is 0.473. The van der Waals surface area contributed by atoms with E-state index in [0.29, 0.717) is 16.9 Å². The van der Waals surface area contributed by atoms with E-state index in [1.54, 1.807) is 6.07 Å². The Kier molecular flexibility index (Phi) is 3.03. The van der Waals surface area contributed by atoms with Gasteiger partial charge < -0.3 is 14.4 Å². The summed E-state index contributed by atoms with van der Waals surface area (Å²) in [6, 6.07) is 13.2. The van der Waals surface area contributed by atoms with Crippen molar-refractivity contribution in [2.75, 3.05) is 7.11 Å². The highest BCUT2D eigenvalue weighted by Gasteiger charge is 2.15. The Morgan fingerprint density at radius 1 is 1.19 bits per heavy atom. The van der Waals surface area contributed by atoms with Gasteiger partial charge >= 0.3 is 0 Å². The van der Waals surface area contributed by atoms with Gasteiger partial charge in [0.15, 0.2) is 0 Å². The first kappa shape index (κ1) is 13.1. The van der Waals surface area contributed by atoms with E-state index >= 15 is 0 Å². The van der Waals surface area contributed by atoms with Crippen LogP contribution in [0.5, 0.6) is 11.5 Å². The summed E-state index contributed by atoms with van der Waals surface area (Å²) in [5, 5.41) is 20.5. The molecule has 3 aromatic rings. The van der Waals surface area contributed by atoms with Gasteiger partial charge in [0.2, 0.25) is 0 Å². The van der Waals surface area contributed by atoms with E-state index in [-0.39, 0.29) is 5.75 Å². The van der Waals surface area contributed by atoms with E-state index in [4.69, 9.17) is 4.74 Å². The predicted octanol–water partition coefficient (Wildman–Crippen LogP) is 3.43. The van der Waals surface area contributed by atoms with Gasteiger partial charge in [-0.15, -0.1) is 0 Å². The summed E-state index contributed by atoms with van der Waals surface area (Å²) < 4.78 is 7.11. The first-order valence-corrected chi connectivity index (χ1v) is 6.51. The van der Waals surface area contributed by atoms with E-state index in [2.05, 4.69) is 6.07 Å². The molecule has 1 aromatic heterocycles. The molecular weight excluding hydrogens is 264 g/mol. The Bertz CT molecular complexity index is 872. The standard InChI is InChI=1S/C17H14N2O2/c1-19-10-14(12-5-3-4-6-15(12)19)13-7-11(9-18)17(21-2)8-16(13)20/h3-8,10,20H,1-2H3. The van der Waals surface area contributed by atoms with Crippen molar-refractivity contribution < 1.29 is 9.84 Å². The second-order valence-corrected chi connectivity index (χ2v) is 4.85. The average Bonchev–Trinajstić information content (AvgIpc) is 2.84. The van der Waals surface area contributed by atoms with Gasteiger partial charge in [-0.1, -0.05) is 18.2 Å². The number of hydrogen-bond donors (Lipinski definition) is 1. The van der Waals surface area contributed by atoms with Crippen molar-refractivity contribution in [2.24, 2.45) is 7.05 Å². The predicted molar refractivity (Wildman–Crippen MR) is 81.3 cm³/mol. The third-order valence-electron chi connectivity index (χ3n) is 3.63. The summed E-state index contributed by atoms with van der Waals surface area (Å²) in [5.41, 5.74) is 2.99. The first-order valence-electron chi connectivity index (χ1n) is 6.51. The number of phenolic OH excluding ortho intramolecular Hbond substituents is 1. The van der Waals surface area contributed by atoms with Crippen LogP contribution in [0.3, 0.4) is 0 Å². The summed E-state index contributed by atoms with van der Waals surface area (Å²) in [7, 11) is 3.44. The minimum absolute atomic E-state index is 0.0993. The van der Waals surface area contributed by atoms with Crippen molar-refractivity contribution in [2.45, 2.75) is 0 Å². The number of nitriles is 1. The highest BCUT2D eigenvalue weighted by Crippen LogP contribution is 2.39. The molecule has 0 aliphatic rings. The molecule has 0 fully saturated rings. The second-order valence-electron chi connectivity index (χ2n) is 4.85. The van der Waals surface area contributed by atoms with Crippen molar-refractivity contribution in [3.05, 3.63) is 48.2 Å². The molecule has 21 heavy (non-hydrogen) atoms. The highest BCUT2D eigenvalue weighted by molar-refractivity contribution is 5.97. The number of hydrogen-bond acceptors (Lipinski definition) is 3. The second kappa shape index (κ2) is 4.88. The Morgan fingerprint density at radius 3 is 2.67 bits per heavy atom. The van der Waals surface area contributed by atoms with Crippen LogP contribution in [0.15, 0.2) is 42.6 Å². The Balaban J connectivity index is 2.31. The molecule has 1 N–H and O–H groups in total. The van der Waals surface area contributed by atoms with Crippen molar-refractivity contribution in [3.8, 4) is 28.7 Å². The Hall–Kier alpha value is -2.93. The van der Waals surface area contributed by atoms with Crippen LogP contribution in [0, 0.1) is 11.3 Å².